The molecule has 4 aromatic rings. The Kier molecular flexibility index (Phi) is 6.65. The number of aryl methyl sites for hydroxylation is 1. The number of nitrogens with one attached hydrogen (secondary N) is 1. The molecule has 1 amide bonds. The van der Waals surface area contributed by atoms with Crippen LogP contribution < -0.4 is 10.1 Å². The second-order valence-corrected chi connectivity index (χ2v) is 10.3. The van der Waals surface area contributed by atoms with Gasteiger partial charge in [0.05, 0.1) is 22.7 Å². The molecule has 1 aliphatic heterocycles. The number of thioether (sulfide) groups is 1. The molecule has 1 N–H and O–H groups in total. The number of ether oxygens (including phenoxy) is 1. The van der Waals surface area contributed by atoms with Gasteiger partial charge in [-0.05, 0) is 22.3 Å². The van der Waals surface area contributed by atoms with Crippen LogP contribution in [0.5, 0.6) is 5.75 Å². The van der Waals surface area contributed by atoms with Crippen molar-refractivity contribution in [1.29, 1.82) is 0 Å². The van der Waals surface area contributed by atoms with Crippen molar-refractivity contribution >= 4 is 23.6 Å². The van der Waals surface area contributed by atoms with Gasteiger partial charge >= 0.3 is 5.97 Å². The fourth-order valence-corrected chi connectivity index (χ4v) is 6.29. The first-order chi connectivity index (χ1) is 17.4. The average Bonchev–Trinajstić information content (AvgIpc) is 3.20. The molecule has 0 spiro atoms. The highest BCUT2D eigenvalue weighted by molar-refractivity contribution is 8.01. The van der Waals surface area contributed by atoms with E-state index in [2.05, 4.69) is 83.2 Å². The summed E-state index contributed by atoms with van der Waals surface area (Å²) in [5, 5.41) is 7.59. The van der Waals surface area contributed by atoms with E-state index in [-0.39, 0.29) is 17.3 Å². The minimum Gasteiger partial charge on any atom is -0.423 e. The van der Waals surface area contributed by atoms with Crippen molar-refractivity contribution in [3.05, 3.63) is 119 Å². The van der Waals surface area contributed by atoms with Gasteiger partial charge in [-0.1, -0.05) is 84.9 Å². The van der Waals surface area contributed by atoms with E-state index in [4.69, 9.17) is 4.74 Å². The van der Waals surface area contributed by atoms with Crippen molar-refractivity contribution < 1.29 is 14.3 Å². The summed E-state index contributed by atoms with van der Waals surface area (Å²) in [5.74, 6) is 0.174. The largest absolute Gasteiger partial charge is 0.423 e. The lowest BCUT2D eigenvalue weighted by Crippen LogP contribution is -2.48. The lowest BCUT2D eigenvalue weighted by molar-refractivity contribution is -0.132. The SMILES string of the molecule is CC(=O)Oc1cn(C)nc1Cc1cccc(C(SC2CC(=O)N2)(c2ccccc2)c2ccccc2)c1. The van der Waals surface area contributed by atoms with E-state index < -0.39 is 4.75 Å². The molecule has 2 heterocycles. The highest BCUT2D eigenvalue weighted by Crippen LogP contribution is 2.51. The number of carbonyl (C=O) groups excluding carboxylic acids is 2. The van der Waals surface area contributed by atoms with Crippen LogP contribution in [0.25, 0.3) is 0 Å². The van der Waals surface area contributed by atoms with Crippen LogP contribution in [0, 0.1) is 0 Å². The first kappa shape index (κ1) is 23.9. The van der Waals surface area contributed by atoms with Gasteiger partial charge in [-0.2, -0.15) is 5.10 Å². The number of aromatic nitrogens is 2. The van der Waals surface area contributed by atoms with Crippen LogP contribution in [0.1, 0.15) is 41.3 Å². The van der Waals surface area contributed by atoms with Gasteiger partial charge in [-0.25, -0.2) is 0 Å². The molecular weight excluding hydrogens is 470 g/mol. The number of carbonyl (C=O) groups is 2. The van der Waals surface area contributed by atoms with E-state index in [1.54, 1.807) is 22.6 Å². The number of nitrogens with zero attached hydrogens (tertiary/aromatic N) is 2. The van der Waals surface area contributed by atoms with Crippen molar-refractivity contribution in [1.82, 2.24) is 15.1 Å². The van der Waals surface area contributed by atoms with E-state index in [9.17, 15) is 9.59 Å². The quantitative estimate of drug-likeness (QED) is 0.215. The van der Waals surface area contributed by atoms with Crippen molar-refractivity contribution in [2.75, 3.05) is 0 Å². The van der Waals surface area contributed by atoms with E-state index in [0.717, 1.165) is 22.3 Å². The van der Waals surface area contributed by atoms with Crippen LogP contribution in [-0.2, 0) is 27.8 Å². The second kappa shape index (κ2) is 10.0. The summed E-state index contributed by atoms with van der Waals surface area (Å²) < 4.78 is 6.51. The lowest BCUT2D eigenvalue weighted by Gasteiger charge is -2.41. The fourth-order valence-electron chi connectivity index (χ4n) is 4.63. The molecule has 0 aliphatic carbocycles. The zero-order valence-corrected chi connectivity index (χ0v) is 21.0. The van der Waals surface area contributed by atoms with E-state index >= 15 is 0 Å². The smallest absolute Gasteiger partial charge is 0.308 e. The summed E-state index contributed by atoms with van der Waals surface area (Å²) in [6.45, 7) is 1.39. The molecule has 182 valence electrons. The van der Waals surface area contributed by atoms with Crippen molar-refractivity contribution in [2.45, 2.75) is 29.9 Å². The van der Waals surface area contributed by atoms with Crippen LogP contribution in [0.4, 0.5) is 0 Å². The van der Waals surface area contributed by atoms with Gasteiger partial charge < -0.3 is 10.1 Å². The van der Waals surface area contributed by atoms with Gasteiger partial charge in [-0.3, -0.25) is 14.3 Å². The third-order valence-corrected chi connectivity index (χ3v) is 7.83. The Morgan fingerprint density at radius 3 is 2.22 bits per heavy atom. The molecule has 36 heavy (non-hydrogen) atoms. The van der Waals surface area contributed by atoms with Crippen LogP contribution in [0.15, 0.2) is 91.1 Å². The molecule has 3 aromatic carbocycles. The zero-order chi connectivity index (χ0) is 25.1. The number of rotatable bonds is 8. The Hall–Kier alpha value is -3.84. The number of hydrogen-bond donors (Lipinski definition) is 1. The summed E-state index contributed by atoms with van der Waals surface area (Å²) in [7, 11) is 1.81. The predicted molar refractivity (Wildman–Crippen MR) is 141 cm³/mol. The Labute approximate surface area is 214 Å². The lowest BCUT2D eigenvalue weighted by atomic mass is 9.83. The molecule has 1 aromatic heterocycles. The van der Waals surface area contributed by atoms with Gasteiger partial charge in [0, 0.05) is 20.4 Å². The molecule has 1 aliphatic rings. The van der Waals surface area contributed by atoms with Crippen molar-refractivity contribution in [3.8, 4) is 5.75 Å². The minimum absolute atomic E-state index is 0.00734. The molecule has 6 nitrogen and oxygen atoms in total. The van der Waals surface area contributed by atoms with E-state index in [1.165, 1.54) is 6.92 Å². The molecule has 0 saturated carbocycles. The first-order valence-electron chi connectivity index (χ1n) is 11.8. The molecule has 0 radical (unpaired) electrons. The number of hydrogen-bond acceptors (Lipinski definition) is 5. The zero-order valence-electron chi connectivity index (χ0n) is 20.2. The van der Waals surface area contributed by atoms with Gasteiger partial charge in [0.2, 0.25) is 5.91 Å². The number of β-lactam (4-membered cyclic amide) rings is 1. The van der Waals surface area contributed by atoms with Gasteiger partial charge in [0.1, 0.15) is 5.69 Å². The number of amides is 1. The summed E-state index contributed by atoms with van der Waals surface area (Å²) >= 11 is 1.75. The highest BCUT2D eigenvalue weighted by atomic mass is 32.2. The predicted octanol–water partition coefficient (Wildman–Crippen LogP) is 4.81. The van der Waals surface area contributed by atoms with Crippen molar-refractivity contribution in [2.24, 2.45) is 7.05 Å². The highest BCUT2D eigenvalue weighted by Gasteiger charge is 2.42. The summed E-state index contributed by atoms with van der Waals surface area (Å²) in [5.41, 5.74) is 5.13. The molecule has 0 bridgehead atoms. The topological polar surface area (TPSA) is 73.2 Å². The maximum absolute atomic E-state index is 11.8. The first-order valence-corrected chi connectivity index (χ1v) is 12.7. The van der Waals surface area contributed by atoms with Crippen LogP contribution in [-0.4, -0.2) is 27.0 Å². The van der Waals surface area contributed by atoms with Gasteiger partial charge in [0.15, 0.2) is 5.75 Å². The minimum atomic E-state index is -0.542. The fraction of sp³-hybridized carbons (Fsp3) is 0.207. The molecule has 1 saturated heterocycles. The van der Waals surface area contributed by atoms with E-state index in [1.807, 2.05) is 19.2 Å². The second-order valence-electron chi connectivity index (χ2n) is 8.88. The average molecular weight is 498 g/mol. The third-order valence-electron chi connectivity index (χ3n) is 6.20. The standard InChI is InChI=1S/C29H27N3O3S/c1-20(33)35-26-19-32(2)31-25(26)17-21-10-9-15-24(16-21)29(22-11-5-3-6-12-22,23-13-7-4-8-14-23)36-28-18-27(34)30-28/h3-16,19,28H,17-18H2,1-2H3,(H,30,34). The Morgan fingerprint density at radius 2 is 1.64 bits per heavy atom. The van der Waals surface area contributed by atoms with Crippen molar-refractivity contribution in [3.63, 3.8) is 0 Å². The molecule has 7 heteroatoms. The third kappa shape index (κ3) is 4.79. The maximum atomic E-state index is 11.8. The molecular formula is C29H27N3O3S. The maximum Gasteiger partial charge on any atom is 0.308 e. The Bertz CT molecular complexity index is 1340. The monoisotopic (exact) mass is 497 g/mol. The molecule has 1 unspecified atom stereocenters. The number of benzene rings is 3. The summed E-state index contributed by atoms with van der Waals surface area (Å²) in [6.07, 6.45) is 2.72. The molecule has 1 fully saturated rings. The van der Waals surface area contributed by atoms with Gasteiger partial charge in [0.25, 0.3) is 0 Å². The van der Waals surface area contributed by atoms with Gasteiger partial charge in [-0.15, -0.1) is 11.8 Å². The Morgan fingerprint density at radius 1 is 1.03 bits per heavy atom. The number of esters is 1. The summed E-state index contributed by atoms with van der Waals surface area (Å²) in [4.78, 5) is 23.4. The van der Waals surface area contributed by atoms with Crippen LogP contribution in [0.3, 0.4) is 0 Å². The Balaban J connectivity index is 1.62. The van der Waals surface area contributed by atoms with Crippen LogP contribution in [0.2, 0.25) is 0 Å². The molecule has 1 atom stereocenters. The summed E-state index contributed by atoms with van der Waals surface area (Å²) in [6, 6.07) is 29.3. The van der Waals surface area contributed by atoms with Crippen LogP contribution >= 0.6 is 11.8 Å². The van der Waals surface area contributed by atoms with E-state index in [0.29, 0.717) is 24.3 Å². The normalized spacial score (nSPS) is 15.2. The molecule has 5 rings (SSSR count).